The standard InChI is InChI=1S/C24H28O4S/c1-4-13-27-17(3)28-22-9-6-18(7-10-22)19-8-11-23-21(15-19)16-20(12-14-29-23)24(25)26-5-2/h6-11,15-17H,4-5,12-14H2,1-3H3. The van der Waals surface area contributed by atoms with Gasteiger partial charge in [0.15, 0.2) is 6.29 Å². The number of hydrogen-bond donors (Lipinski definition) is 0. The van der Waals surface area contributed by atoms with Crippen LogP contribution in [0.3, 0.4) is 0 Å². The monoisotopic (exact) mass is 412 g/mol. The van der Waals surface area contributed by atoms with Crippen molar-refractivity contribution in [2.75, 3.05) is 19.0 Å². The van der Waals surface area contributed by atoms with Gasteiger partial charge in [-0.15, -0.1) is 11.8 Å². The molecule has 0 spiro atoms. The van der Waals surface area contributed by atoms with E-state index in [2.05, 4.69) is 25.1 Å². The molecule has 0 radical (unpaired) electrons. The summed E-state index contributed by atoms with van der Waals surface area (Å²) in [6, 6.07) is 14.4. The predicted molar refractivity (Wildman–Crippen MR) is 118 cm³/mol. The smallest absolute Gasteiger partial charge is 0.334 e. The van der Waals surface area contributed by atoms with Gasteiger partial charge in [-0.1, -0.05) is 25.1 Å². The number of carbonyl (C=O) groups excluding carboxylic acids is 1. The maximum absolute atomic E-state index is 12.2. The van der Waals surface area contributed by atoms with Gasteiger partial charge in [-0.05, 0) is 73.7 Å². The second kappa shape index (κ2) is 10.5. The van der Waals surface area contributed by atoms with Gasteiger partial charge in [0.1, 0.15) is 5.75 Å². The Morgan fingerprint density at radius 3 is 2.59 bits per heavy atom. The van der Waals surface area contributed by atoms with Crippen LogP contribution in [0.2, 0.25) is 0 Å². The highest BCUT2D eigenvalue weighted by atomic mass is 32.2. The van der Waals surface area contributed by atoms with Crippen molar-refractivity contribution in [2.24, 2.45) is 0 Å². The maximum atomic E-state index is 12.2. The first-order valence-corrected chi connectivity index (χ1v) is 11.1. The topological polar surface area (TPSA) is 44.8 Å². The summed E-state index contributed by atoms with van der Waals surface area (Å²) in [6.45, 7) is 6.90. The molecule has 5 heteroatoms. The first kappa shape index (κ1) is 21.5. The van der Waals surface area contributed by atoms with Gasteiger partial charge in [0.2, 0.25) is 0 Å². The molecule has 0 amide bonds. The minimum absolute atomic E-state index is 0.215. The van der Waals surface area contributed by atoms with Crippen LogP contribution in [-0.4, -0.2) is 31.2 Å². The van der Waals surface area contributed by atoms with Crippen LogP contribution in [0.5, 0.6) is 5.75 Å². The van der Waals surface area contributed by atoms with Crippen LogP contribution in [0.15, 0.2) is 52.9 Å². The van der Waals surface area contributed by atoms with E-state index in [-0.39, 0.29) is 12.3 Å². The molecule has 1 atom stereocenters. The van der Waals surface area contributed by atoms with E-state index in [0.29, 0.717) is 13.2 Å². The van der Waals surface area contributed by atoms with Crippen LogP contribution in [0, 0.1) is 0 Å². The number of fused-ring (bicyclic) bond motifs is 1. The Kier molecular flexibility index (Phi) is 7.78. The molecule has 0 saturated heterocycles. The molecule has 29 heavy (non-hydrogen) atoms. The second-order valence-corrected chi connectivity index (χ2v) is 7.96. The third-order valence-corrected chi connectivity index (χ3v) is 5.64. The largest absolute Gasteiger partial charge is 0.465 e. The fourth-order valence-corrected chi connectivity index (χ4v) is 4.11. The van der Waals surface area contributed by atoms with E-state index in [1.807, 2.05) is 44.2 Å². The van der Waals surface area contributed by atoms with Crippen molar-refractivity contribution in [3.8, 4) is 16.9 Å². The molecule has 0 aliphatic carbocycles. The van der Waals surface area contributed by atoms with Crippen molar-refractivity contribution in [3.63, 3.8) is 0 Å². The Balaban J connectivity index is 1.78. The zero-order valence-corrected chi connectivity index (χ0v) is 18.1. The van der Waals surface area contributed by atoms with Gasteiger partial charge in [-0.3, -0.25) is 0 Å². The first-order valence-electron chi connectivity index (χ1n) is 10.1. The van der Waals surface area contributed by atoms with Crippen molar-refractivity contribution in [3.05, 3.63) is 53.6 Å². The number of hydrogen-bond acceptors (Lipinski definition) is 5. The van der Waals surface area contributed by atoms with Gasteiger partial charge >= 0.3 is 5.97 Å². The summed E-state index contributed by atoms with van der Waals surface area (Å²) in [5, 5.41) is 0. The Morgan fingerprint density at radius 1 is 1.10 bits per heavy atom. The van der Waals surface area contributed by atoms with Crippen LogP contribution in [-0.2, 0) is 14.3 Å². The molecule has 4 nitrogen and oxygen atoms in total. The molecule has 1 heterocycles. The van der Waals surface area contributed by atoms with E-state index in [0.717, 1.165) is 46.6 Å². The summed E-state index contributed by atoms with van der Waals surface area (Å²) >= 11 is 1.77. The van der Waals surface area contributed by atoms with Gasteiger partial charge in [-0.25, -0.2) is 4.79 Å². The summed E-state index contributed by atoms with van der Waals surface area (Å²) in [5.41, 5.74) is 4.00. The molecule has 1 aliphatic heterocycles. The molecule has 2 aromatic carbocycles. The van der Waals surface area contributed by atoms with E-state index in [4.69, 9.17) is 14.2 Å². The van der Waals surface area contributed by atoms with Crippen LogP contribution in [0.1, 0.15) is 39.2 Å². The summed E-state index contributed by atoms with van der Waals surface area (Å²) in [7, 11) is 0. The minimum Gasteiger partial charge on any atom is -0.465 e. The molecular weight excluding hydrogens is 384 g/mol. The van der Waals surface area contributed by atoms with E-state index in [1.165, 1.54) is 4.90 Å². The zero-order chi connectivity index (χ0) is 20.6. The van der Waals surface area contributed by atoms with Crippen molar-refractivity contribution < 1.29 is 19.0 Å². The Hall–Kier alpha value is -2.24. The lowest BCUT2D eigenvalue weighted by atomic mass is 10.0. The SMILES string of the molecule is CCCOC(C)Oc1ccc(-c2ccc3c(c2)C=C(C(=O)OCC)CCS3)cc1. The highest BCUT2D eigenvalue weighted by molar-refractivity contribution is 7.99. The van der Waals surface area contributed by atoms with Crippen LogP contribution >= 0.6 is 11.8 Å². The van der Waals surface area contributed by atoms with Crippen LogP contribution < -0.4 is 4.74 Å². The molecule has 0 fully saturated rings. The number of carbonyl (C=O) groups is 1. The quantitative estimate of drug-likeness (QED) is 0.396. The molecule has 0 bridgehead atoms. The lowest BCUT2D eigenvalue weighted by molar-refractivity contribution is -0.138. The third-order valence-electron chi connectivity index (χ3n) is 4.55. The number of rotatable bonds is 8. The van der Waals surface area contributed by atoms with Crippen LogP contribution in [0.4, 0.5) is 0 Å². The van der Waals surface area contributed by atoms with Gasteiger partial charge in [0.25, 0.3) is 0 Å². The Bertz CT molecular complexity index is 858. The summed E-state index contributed by atoms with van der Waals surface area (Å²) < 4.78 is 16.5. The second-order valence-electron chi connectivity index (χ2n) is 6.82. The fourth-order valence-electron chi connectivity index (χ4n) is 3.12. The van der Waals surface area contributed by atoms with E-state index >= 15 is 0 Å². The van der Waals surface area contributed by atoms with E-state index in [9.17, 15) is 4.79 Å². The molecule has 0 saturated carbocycles. The van der Waals surface area contributed by atoms with Gasteiger partial charge in [-0.2, -0.15) is 0 Å². The van der Waals surface area contributed by atoms with Crippen LogP contribution in [0.25, 0.3) is 17.2 Å². The Labute approximate surface area is 177 Å². The lowest BCUT2D eigenvalue weighted by Crippen LogP contribution is -2.16. The average Bonchev–Trinajstić information content (AvgIpc) is 2.95. The van der Waals surface area contributed by atoms with E-state index in [1.54, 1.807) is 11.8 Å². The normalized spacial score (nSPS) is 14.4. The van der Waals surface area contributed by atoms with Gasteiger partial charge in [0, 0.05) is 16.2 Å². The number of benzene rings is 2. The lowest BCUT2D eigenvalue weighted by Gasteiger charge is -2.15. The molecule has 1 unspecified atom stereocenters. The minimum atomic E-state index is -0.267. The van der Waals surface area contributed by atoms with Crippen molar-refractivity contribution in [1.82, 2.24) is 0 Å². The molecule has 1 aliphatic rings. The van der Waals surface area contributed by atoms with Crippen molar-refractivity contribution in [1.29, 1.82) is 0 Å². The van der Waals surface area contributed by atoms with Gasteiger partial charge < -0.3 is 14.2 Å². The summed E-state index contributed by atoms with van der Waals surface area (Å²) in [5.74, 6) is 1.45. The molecular formula is C24H28O4S. The molecule has 3 rings (SSSR count). The number of thioether (sulfide) groups is 1. The molecule has 2 aromatic rings. The van der Waals surface area contributed by atoms with Crippen molar-refractivity contribution in [2.45, 2.75) is 44.8 Å². The summed E-state index contributed by atoms with van der Waals surface area (Å²) in [4.78, 5) is 13.4. The number of esters is 1. The molecule has 0 aromatic heterocycles. The first-order chi connectivity index (χ1) is 14.1. The Morgan fingerprint density at radius 2 is 1.86 bits per heavy atom. The zero-order valence-electron chi connectivity index (χ0n) is 17.3. The van der Waals surface area contributed by atoms with E-state index < -0.39 is 0 Å². The highest BCUT2D eigenvalue weighted by Gasteiger charge is 2.16. The molecule has 0 N–H and O–H groups in total. The highest BCUT2D eigenvalue weighted by Crippen LogP contribution is 2.34. The molecule has 154 valence electrons. The average molecular weight is 413 g/mol. The maximum Gasteiger partial charge on any atom is 0.334 e. The van der Waals surface area contributed by atoms with Gasteiger partial charge in [0.05, 0.1) is 13.2 Å². The predicted octanol–water partition coefficient (Wildman–Crippen LogP) is 5.95. The fraction of sp³-hybridized carbons (Fsp3) is 0.375. The van der Waals surface area contributed by atoms with Crippen molar-refractivity contribution >= 4 is 23.8 Å². The number of ether oxygens (including phenoxy) is 3. The third kappa shape index (κ3) is 5.87. The summed E-state index contributed by atoms with van der Waals surface area (Å²) in [6.07, 6.45) is 3.39.